The van der Waals surface area contributed by atoms with Crippen molar-refractivity contribution in [1.82, 2.24) is 9.97 Å². The van der Waals surface area contributed by atoms with Gasteiger partial charge >= 0.3 is 0 Å². The third-order valence-electron chi connectivity index (χ3n) is 11.9. The van der Waals surface area contributed by atoms with Gasteiger partial charge in [0.05, 0.1) is 11.4 Å². The predicted molar refractivity (Wildman–Crippen MR) is 260 cm³/mol. The smallest absolute Gasteiger partial charge is 0.160 e. The van der Waals surface area contributed by atoms with Gasteiger partial charge in [0, 0.05) is 47.6 Å². The van der Waals surface area contributed by atoms with Gasteiger partial charge in [-0.3, -0.25) is 0 Å². The van der Waals surface area contributed by atoms with Crippen molar-refractivity contribution >= 4 is 53.4 Å². The normalized spacial score (nSPS) is 11.5. The van der Waals surface area contributed by atoms with Gasteiger partial charge in [0.25, 0.3) is 0 Å². The molecule has 9 aromatic carbocycles. The molecular formula is C58H36N2OS. The van der Waals surface area contributed by atoms with Crippen molar-refractivity contribution in [3.8, 4) is 78.4 Å². The first-order valence-corrected chi connectivity index (χ1v) is 21.7. The molecule has 0 atom stereocenters. The summed E-state index contributed by atoms with van der Waals surface area (Å²) in [6, 6.07) is 77.7. The fourth-order valence-electron chi connectivity index (χ4n) is 8.75. The van der Waals surface area contributed by atoms with Crippen molar-refractivity contribution in [2.45, 2.75) is 0 Å². The summed E-state index contributed by atoms with van der Waals surface area (Å²) in [5.74, 6) is 0.680. The lowest BCUT2D eigenvalue weighted by molar-refractivity contribution is 0.669. The fourth-order valence-corrected chi connectivity index (χ4v) is 9.83. The van der Waals surface area contributed by atoms with Gasteiger partial charge in [0.15, 0.2) is 5.82 Å². The number of hydrogen-bond acceptors (Lipinski definition) is 4. The van der Waals surface area contributed by atoms with E-state index in [1.54, 1.807) is 0 Å². The zero-order valence-corrected chi connectivity index (χ0v) is 34.3. The number of thiophene rings is 1. The molecule has 290 valence electrons. The lowest BCUT2D eigenvalue weighted by atomic mass is 9.93. The molecule has 0 fully saturated rings. The molecule has 62 heavy (non-hydrogen) atoms. The summed E-state index contributed by atoms with van der Waals surface area (Å²) in [7, 11) is 0. The minimum atomic E-state index is 0.680. The summed E-state index contributed by atoms with van der Waals surface area (Å²) in [6.07, 6.45) is 0. The first-order valence-electron chi connectivity index (χ1n) is 20.9. The molecule has 3 aromatic heterocycles. The van der Waals surface area contributed by atoms with Gasteiger partial charge < -0.3 is 4.42 Å². The van der Waals surface area contributed by atoms with E-state index in [0.29, 0.717) is 5.82 Å². The molecule has 0 bridgehead atoms. The number of fused-ring (bicyclic) bond motifs is 6. The van der Waals surface area contributed by atoms with Crippen LogP contribution in [-0.4, -0.2) is 9.97 Å². The van der Waals surface area contributed by atoms with Crippen LogP contribution in [-0.2, 0) is 0 Å². The third-order valence-corrected chi connectivity index (χ3v) is 13.0. The SMILES string of the molecule is c1ccc(-c2cccc(-c3cccc(-c4cc(-c5cc(-c6ccc7oc8ccccc8c7c6)cc(-c6ccc7sc8ccccc8c7c6)c5)nc(-c5ccccc5)n4)c3)c2)cc1. The standard InChI is InChI=1S/C58H36N2OS/c1-3-13-37(14-4-1)39-17-11-18-40(29-39)41-19-12-20-44(30-41)52-36-53(60-58(59-52)38-15-5-2-6-16-38)47-32-45(42-25-27-55-50(34-42)48-21-7-9-23-54(48)61-55)31-46(33-47)43-26-28-57-51(35-43)49-22-8-10-24-56(49)62-57/h1-36H. The van der Waals surface area contributed by atoms with Crippen LogP contribution in [0.5, 0.6) is 0 Å². The molecule has 0 radical (unpaired) electrons. The maximum Gasteiger partial charge on any atom is 0.160 e. The van der Waals surface area contributed by atoms with E-state index in [-0.39, 0.29) is 0 Å². The van der Waals surface area contributed by atoms with Crippen LogP contribution < -0.4 is 0 Å². The van der Waals surface area contributed by atoms with E-state index in [9.17, 15) is 0 Å². The summed E-state index contributed by atoms with van der Waals surface area (Å²) in [5, 5.41) is 4.76. The molecule has 0 aliphatic rings. The number of aromatic nitrogens is 2. The molecule has 0 spiro atoms. The zero-order chi connectivity index (χ0) is 41.0. The Bertz CT molecular complexity index is 3510. The van der Waals surface area contributed by atoms with E-state index in [0.717, 1.165) is 83.4 Å². The highest BCUT2D eigenvalue weighted by molar-refractivity contribution is 7.25. The Labute approximate surface area is 362 Å². The Morgan fingerprint density at radius 3 is 1.52 bits per heavy atom. The van der Waals surface area contributed by atoms with E-state index >= 15 is 0 Å². The van der Waals surface area contributed by atoms with Crippen LogP contribution in [0.1, 0.15) is 0 Å². The van der Waals surface area contributed by atoms with E-state index in [1.165, 1.54) is 31.3 Å². The lowest BCUT2D eigenvalue weighted by Crippen LogP contribution is -1.97. The molecule has 0 saturated carbocycles. The molecule has 0 aliphatic carbocycles. The van der Waals surface area contributed by atoms with Crippen LogP contribution in [0.2, 0.25) is 0 Å². The number of hydrogen-bond donors (Lipinski definition) is 0. The summed E-state index contributed by atoms with van der Waals surface area (Å²) >= 11 is 1.84. The van der Waals surface area contributed by atoms with Gasteiger partial charge in [0.2, 0.25) is 0 Å². The highest BCUT2D eigenvalue weighted by atomic mass is 32.1. The fraction of sp³-hybridized carbons (Fsp3) is 0. The minimum Gasteiger partial charge on any atom is -0.456 e. The molecule has 0 N–H and O–H groups in total. The van der Waals surface area contributed by atoms with Crippen LogP contribution in [0.15, 0.2) is 223 Å². The Balaban J connectivity index is 1.04. The third kappa shape index (κ3) is 6.55. The van der Waals surface area contributed by atoms with Crippen molar-refractivity contribution in [2.75, 3.05) is 0 Å². The average molecular weight is 809 g/mol. The largest absolute Gasteiger partial charge is 0.456 e. The zero-order valence-electron chi connectivity index (χ0n) is 33.5. The number of para-hydroxylation sites is 1. The second kappa shape index (κ2) is 15.0. The van der Waals surface area contributed by atoms with Crippen molar-refractivity contribution in [1.29, 1.82) is 0 Å². The molecule has 0 unspecified atom stereocenters. The quantitative estimate of drug-likeness (QED) is 0.161. The Morgan fingerprint density at radius 2 is 0.758 bits per heavy atom. The Kier molecular flexibility index (Phi) is 8.68. The van der Waals surface area contributed by atoms with E-state index in [2.05, 4.69) is 188 Å². The van der Waals surface area contributed by atoms with Crippen LogP contribution in [0.3, 0.4) is 0 Å². The topological polar surface area (TPSA) is 38.9 Å². The van der Waals surface area contributed by atoms with Gasteiger partial charge in [-0.25, -0.2) is 9.97 Å². The van der Waals surface area contributed by atoms with Gasteiger partial charge in [0.1, 0.15) is 11.2 Å². The highest BCUT2D eigenvalue weighted by Crippen LogP contribution is 2.41. The summed E-state index contributed by atoms with van der Waals surface area (Å²) in [6.45, 7) is 0. The Hall–Kier alpha value is -7.92. The minimum absolute atomic E-state index is 0.680. The molecule has 12 aromatic rings. The van der Waals surface area contributed by atoms with Gasteiger partial charge in [-0.05, 0) is 117 Å². The van der Waals surface area contributed by atoms with E-state index < -0.39 is 0 Å². The number of rotatable bonds is 7. The molecule has 4 heteroatoms. The van der Waals surface area contributed by atoms with Crippen LogP contribution in [0, 0.1) is 0 Å². The number of nitrogens with zero attached hydrogens (tertiary/aromatic N) is 2. The summed E-state index contributed by atoms with van der Waals surface area (Å²) in [5.41, 5.74) is 15.6. The molecule has 0 amide bonds. The van der Waals surface area contributed by atoms with Crippen LogP contribution >= 0.6 is 11.3 Å². The predicted octanol–water partition coefficient (Wildman–Crippen LogP) is 16.4. The molecular weight excluding hydrogens is 773 g/mol. The van der Waals surface area contributed by atoms with Gasteiger partial charge in [-0.15, -0.1) is 11.3 Å². The van der Waals surface area contributed by atoms with Crippen molar-refractivity contribution in [2.24, 2.45) is 0 Å². The van der Waals surface area contributed by atoms with Gasteiger partial charge in [-0.2, -0.15) is 0 Å². The van der Waals surface area contributed by atoms with Crippen LogP contribution in [0.25, 0.3) is 121 Å². The molecule has 12 rings (SSSR count). The number of furan rings is 1. The second-order valence-electron chi connectivity index (χ2n) is 15.8. The lowest BCUT2D eigenvalue weighted by Gasteiger charge is -2.14. The molecule has 3 heterocycles. The van der Waals surface area contributed by atoms with Crippen molar-refractivity contribution in [3.05, 3.63) is 218 Å². The Morgan fingerprint density at radius 1 is 0.274 bits per heavy atom. The molecule has 0 saturated heterocycles. The van der Waals surface area contributed by atoms with Crippen molar-refractivity contribution < 1.29 is 4.42 Å². The monoisotopic (exact) mass is 808 g/mol. The first kappa shape index (κ1) is 36.0. The highest BCUT2D eigenvalue weighted by Gasteiger charge is 2.16. The maximum absolute atomic E-state index is 6.25. The maximum atomic E-state index is 6.25. The first-order chi connectivity index (χ1) is 30.7. The van der Waals surface area contributed by atoms with E-state index in [1.807, 2.05) is 41.7 Å². The number of benzene rings is 9. The second-order valence-corrected chi connectivity index (χ2v) is 16.9. The van der Waals surface area contributed by atoms with Crippen molar-refractivity contribution in [3.63, 3.8) is 0 Å². The molecule has 0 aliphatic heterocycles. The summed E-state index contributed by atoms with van der Waals surface area (Å²) in [4.78, 5) is 10.6. The average Bonchev–Trinajstić information content (AvgIpc) is 3.92. The summed E-state index contributed by atoms with van der Waals surface area (Å²) < 4.78 is 8.83. The molecule has 3 nitrogen and oxygen atoms in total. The van der Waals surface area contributed by atoms with E-state index in [4.69, 9.17) is 14.4 Å². The van der Waals surface area contributed by atoms with Crippen LogP contribution in [0.4, 0.5) is 0 Å². The van der Waals surface area contributed by atoms with Gasteiger partial charge in [-0.1, -0.05) is 146 Å².